The third kappa shape index (κ3) is 6.38. The number of hydrogen-bond acceptors (Lipinski definition) is 12. The molecule has 41 heavy (non-hydrogen) atoms. The van der Waals surface area contributed by atoms with Gasteiger partial charge in [0.05, 0.1) is 12.3 Å². The first-order chi connectivity index (χ1) is 19.6. The van der Waals surface area contributed by atoms with Crippen LogP contribution in [0.25, 0.3) is 5.52 Å². The van der Waals surface area contributed by atoms with Gasteiger partial charge in [-0.2, -0.15) is 10.2 Å². The van der Waals surface area contributed by atoms with Crippen molar-refractivity contribution in [2.24, 2.45) is 0 Å². The first-order valence-corrected chi connectivity index (χ1v) is 14.9. The van der Waals surface area contributed by atoms with Gasteiger partial charge in [-0.3, -0.25) is 9.32 Å². The van der Waals surface area contributed by atoms with Crippen molar-refractivity contribution in [2.45, 2.75) is 62.7 Å². The number of nitrogens with one attached hydrogen (secondary N) is 2. The van der Waals surface area contributed by atoms with Crippen molar-refractivity contribution in [1.29, 1.82) is 0 Å². The van der Waals surface area contributed by atoms with Crippen LogP contribution in [0.1, 0.15) is 38.5 Å². The Morgan fingerprint density at radius 3 is 2.73 bits per heavy atom. The molecule has 1 unspecified atom stereocenters. The monoisotopic (exact) mass is 590 g/mol. The second-order valence-corrected chi connectivity index (χ2v) is 12.1. The molecule has 2 aliphatic heterocycles. The van der Waals surface area contributed by atoms with Crippen LogP contribution in [0, 0.1) is 0 Å². The van der Waals surface area contributed by atoms with Crippen LogP contribution in [0.2, 0.25) is 0 Å². The van der Waals surface area contributed by atoms with Crippen LogP contribution in [0.15, 0.2) is 48.8 Å². The number of fused-ring (bicyclic) bond motifs is 1. The van der Waals surface area contributed by atoms with E-state index in [4.69, 9.17) is 24.3 Å². The first kappa shape index (κ1) is 29.4. The summed E-state index contributed by atoms with van der Waals surface area (Å²) in [5.74, 6) is -0.129. The lowest BCUT2D eigenvalue weighted by Crippen LogP contribution is -2.45. The number of benzene rings is 1. The van der Waals surface area contributed by atoms with E-state index < -0.39 is 50.3 Å². The molecule has 5 rings (SSSR count). The number of carbonyl (C=O) groups is 1. The normalized spacial score (nSPS) is 27.4. The fourth-order valence-corrected chi connectivity index (χ4v) is 6.48. The Bertz CT molecular complexity index is 1400. The number of esters is 1. The highest BCUT2D eigenvalue weighted by molar-refractivity contribution is 7.52. The number of aliphatic hydroxyl groups excluding tert-OH is 2. The summed E-state index contributed by atoms with van der Waals surface area (Å²) in [4.78, 5) is 16.8. The number of para-hydroxylation sites is 1. The average Bonchev–Trinajstić information content (AvgIpc) is 3.49. The largest absolute Gasteiger partial charge is 0.461 e. The predicted molar refractivity (Wildman–Crippen MR) is 147 cm³/mol. The molecule has 0 spiro atoms. The van der Waals surface area contributed by atoms with Crippen molar-refractivity contribution in [3.05, 3.63) is 54.5 Å². The van der Waals surface area contributed by atoms with E-state index >= 15 is 0 Å². The molecular weight excluding hydrogens is 555 g/mol. The number of ether oxygens (including phenoxy) is 2. The van der Waals surface area contributed by atoms with Crippen molar-refractivity contribution in [3.8, 4) is 5.75 Å². The van der Waals surface area contributed by atoms with E-state index in [1.54, 1.807) is 42.5 Å². The molecule has 0 aliphatic carbocycles. The molecule has 2 saturated heterocycles. The van der Waals surface area contributed by atoms with Crippen molar-refractivity contribution >= 4 is 25.1 Å². The summed E-state index contributed by atoms with van der Waals surface area (Å²) in [5.41, 5.74) is 5.34. The lowest BCUT2D eigenvalue weighted by molar-refractivity contribution is -0.152. The summed E-state index contributed by atoms with van der Waals surface area (Å²) < 4.78 is 38.7. The molecule has 222 valence electrons. The second kappa shape index (κ2) is 12.0. The lowest BCUT2D eigenvalue weighted by Gasteiger charge is -2.30. The molecule has 0 radical (unpaired) electrons. The molecule has 6 N–H and O–H groups in total. The van der Waals surface area contributed by atoms with Gasteiger partial charge in [0.2, 0.25) is 0 Å². The van der Waals surface area contributed by atoms with E-state index in [1.807, 2.05) is 0 Å². The minimum atomic E-state index is -4.25. The maximum Gasteiger partial charge on any atom is 0.459 e. The molecule has 15 heteroatoms. The van der Waals surface area contributed by atoms with Crippen LogP contribution in [0.4, 0.5) is 5.82 Å². The highest BCUT2D eigenvalue weighted by atomic mass is 31.2. The van der Waals surface area contributed by atoms with Gasteiger partial charge in [0, 0.05) is 0 Å². The minimum absolute atomic E-state index is 0.232. The van der Waals surface area contributed by atoms with Crippen LogP contribution in [0.5, 0.6) is 5.75 Å². The molecule has 0 bridgehead atoms. The number of carbonyl (C=O) groups excluding carboxylic acids is 1. The summed E-state index contributed by atoms with van der Waals surface area (Å²) in [6.07, 6.45) is -1.44. The Balaban J connectivity index is 1.32. The van der Waals surface area contributed by atoms with Gasteiger partial charge in [0.25, 0.3) is 0 Å². The molecule has 6 atom stereocenters. The number of nitrogens with zero attached hydrogens (tertiary/aromatic N) is 3. The van der Waals surface area contributed by atoms with Crippen molar-refractivity contribution in [2.75, 3.05) is 25.4 Å². The van der Waals surface area contributed by atoms with E-state index in [1.165, 1.54) is 24.7 Å². The fraction of sp³-hybridized carbons (Fsp3) is 0.500. The van der Waals surface area contributed by atoms with Crippen molar-refractivity contribution in [1.82, 2.24) is 25.0 Å². The summed E-state index contributed by atoms with van der Waals surface area (Å²) in [7, 11) is -4.25. The maximum atomic E-state index is 14.0. The van der Waals surface area contributed by atoms with E-state index in [9.17, 15) is 19.6 Å². The molecule has 2 aliphatic rings. The highest BCUT2D eigenvalue weighted by Gasteiger charge is 2.54. The summed E-state index contributed by atoms with van der Waals surface area (Å²) in [6.45, 7) is 4.04. The van der Waals surface area contributed by atoms with E-state index in [0.717, 1.165) is 13.1 Å². The Morgan fingerprint density at radius 1 is 1.27 bits per heavy atom. The maximum absolute atomic E-state index is 14.0. The molecule has 0 saturated carbocycles. The third-order valence-electron chi connectivity index (χ3n) is 7.22. The fourth-order valence-electron chi connectivity index (χ4n) is 4.89. The van der Waals surface area contributed by atoms with Gasteiger partial charge < -0.3 is 35.3 Å². The number of hydrogen-bond donors (Lipinski definition) is 5. The predicted octanol–water partition coefficient (Wildman–Crippen LogP) is 1.34. The van der Waals surface area contributed by atoms with Crippen LogP contribution in [0.3, 0.4) is 0 Å². The average molecular weight is 591 g/mol. The number of piperidine rings is 1. The zero-order valence-corrected chi connectivity index (χ0v) is 23.6. The van der Waals surface area contributed by atoms with Gasteiger partial charge in [-0.05, 0) is 64.0 Å². The summed E-state index contributed by atoms with van der Waals surface area (Å²) in [5, 5.41) is 32.0. The van der Waals surface area contributed by atoms with Crippen LogP contribution in [-0.4, -0.2) is 80.4 Å². The topological polar surface area (TPSA) is 192 Å². The number of aromatic nitrogens is 3. The number of nitrogen functional groups attached to an aromatic ring is 1. The van der Waals surface area contributed by atoms with Crippen LogP contribution < -0.4 is 20.7 Å². The number of aliphatic hydroxyl groups is 2. The smallest absolute Gasteiger partial charge is 0.459 e. The Morgan fingerprint density at radius 2 is 2.00 bits per heavy atom. The second-order valence-electron chi connectivity index (χ2n) is 10.4. The number of nitrogens with two attached hydrogens (primary N) is 1. The molecule has 1 aromatic carbocycles. The van der Waals surface area contributed by atoms with Gasteiger partial charge in [0.1, 0.15) is 53.7 Å². The molecule has 2 aromatic heterocycles. The molecular formula is C26H35N6O8P. The van der Waals surface area contributed by atoms with Crippen molar-refractivity contribution < 1.29 is 38.1 Å². The first-order valence-electron chi connectivity index (χ1n) is 13.4. The molecule has 0 amide bonds. The molecule has 3 aromatic rings. The minimum Gasteiger partial charge on any atom is -0.461 e. The van der Waals surface area contributed by atoms with E-state index in [0.29, 0.717) is 24.1 Å². The Labute approximate surface area is 236 Å². The zero-order valence-electron chi connectivity index (χ0n) is 22.8. The van der Waals surface area contributed by atoms with E-state index in [-0.39, 0.29) is 17.7 Å². The van der Waals surface area contributed by atoms with E-state index in [2.05, 4.69) is 20.5 Å². The third-order valence-corrected chi connectivity index (χ3v) is 8.85. The zero-order chi connectivity index (χ0) is 29.2. The summed E-state index contributed by atoms with van der Waals surface area (Å²) in [6, 6.07) is 10.6. The van der Waals surface area contributed by atoms with Gasteiger partial charge in [0.15, 0.2) is 5.82 Å². The number of rotatable bonds is 10. The Kier molecular flexibility index (Phi) is 8.62. The van der Waals surface area contributed by atoms with Crippen molar-refractivity contribution in [3.63, 3.8) is 0 Å². The molecule has 2 fully saturated rings. The standard InChI is InChI=1S/C26H35N6O8P/c1-16(25(35)38-17-10-12-28-13-11-17)31-41(36,40-18-6-4-3-5-7-18)37-14-26(2)23(34)21(33)22(39-26)19-8-9-20-24(27)29-15-30-32(19)20/h3-9,15-17,21-23,28,33-34H,10-14H2,1-2H3,(H,31,36)(H2,27,29,30)/t16-,21-,22-,23-,26+,41?/m0/s1. The van der Waals surface area contributed by atoms with Crippen LogP contribution in [-0.2, 0) is 23.4 Å². The summed E-state index contributed by atoms with van der Waals surface area (Å²) >= 11 is 0. The van der Waals surface area contributed by atoms with Gasteiger partial charge in [-0.15, -0.1) is 0 Å². The van der Waals surface area contributed by atoms with Crippen LogP contribution >= 0.6 is 7.75 Å². The Hall–Kier alpha value is -3.10. The lowest BCUT2D eigenvalue weighted by atomic mass is 9.97. The molecule has 4 heterocycles. The SMILES string of the molecule is C[C@H](NP(=O)(OC[C@@]1(C)O[C@@H](c2ccc3c(N)ncnn23)[C@H](O)[C@@H]1O)Oc1ccccc1)C(=O)OC1CCNCC1. The van der Waals surface area contributed by atoms with Gasteiger partial charge in [-0.1, -0.05) is 18.2 Å². The van der Waals surface area contributed by atoms with Gasteiger partial charge in [-0.25, -0.2) is 14.1 Å². The van der Waals surface area contributed by atoms with Gasteiger partial charge >= 0.3 is 13.7 Å². The highest BCUT2D eigenvalue weighted by Crippen LogP contribution is 2.48. The quantitative estimate of drug-likeness (QED) is 0.168. The molecule has 14 nitrogen and oxygen atoms in total. The number of anilines is 1.